The van der Waals surface area contributed by atoms with Crippen molar-refractivity contribution >= 4 is 0 Å². The first-order valence-corrected chi connectivity index (χ1v) is 8.45. The maximum Gasteiger partial charge on any atom is 0.200 e. The van der Waals surface area contributed by atoms with Crippen LogP contribution in [0.15, 0.2) is 42.5 Å². The minimum atomic E-state index is -2.14. The Balaban J connectivity index is 2.51. The van der Waals surface area contributed by atoms with Gasteiger partial charge in [-0.1, -0.05) is 25.1 Å². The summed E-state index contributed by atoms with van der Waals surface area (Å²) in [5, 5.41) is 18.8. The van der Waals surface area contributed by atoms with Crippen LogP contribution in [0.2, 0.25) is 0 Å². The van der Waals surface area contributed by atoms with Gasteiger partial charge in [-0.05, 0) is 24.6 Å². The van der Waals surface area contributed by atoms with Crippen molar-refractivity contribution in [3.8, 4) is 11.5 Å². The second-order valence-electron chi connectivity index (χ2n) is 6.40. The lowest BCUT2D eigenvalue weighted by Gasteiger charge is -2.35. The van der Waals surface area contributed by atoms with E-state index >= 15 is 0 Å². The fraction of sp³-hybridized carbons (Fsp3) is 0.143. The highest BCUT2D eigenvalue weighted by Crippen LogP contribution is 2.47. The molecule has 152 valence electrons. The number of phenolic OH excluding ortho intramolecular Hbond substituents is 2. The Labute approximate surface area is 161 Å². The first-order chi connectivity index (χ1) is 13.6. The van der Waals surface area contributed by atoms with Gasteiger partial charge in [-0.25, -0.2) is 17.6 Å². The molecule has 8 heteroatoms. The van der Waals surface area contributed by atoms with Gasteiger partial charge in [0.2, 0.25) is 11.6 Å². The highest BCUT2D eigenvalue weighted by Gasteiger charge is 2.43. The molecule has 0 aliphatic heterocycles. The van der Waals surface area contributed by atoms with E-state index in [4.69, 9.17) is 0 Å². The molecule has 0 saturated heterocycles. The molecular weight excluding hydrogens is 398 g/mol. The zero-order valence-corrected chi connectivity index (χ0v) is 14.9. The molecule has 3 rings (SSSR count). The molecule has 0 atom stereocenters. The molecule has 0 spiro atoms. The number of halogens is 6. The van der Waals surface area contributed by atoms with Gasteiger partial charge in [0.05, 0.1) is 5.41 Å². The summed E-state index contributed by atoms with van der Waals surface area (Å²) in [6, 6.07) is 5.62. The van der Waals surface area contributed by atoms with Crippen molar-refractivity contribution < 1.29 is 36.6 Å². The van der Waals surface area contributed by atoms with E-state index < -0.39 is 68.5 Å². The number of benzene rings is 3. The standard InChI is InChI=1S/C21H14F6O2/c1-2-21(11-4-3-10(22)9-14(11)23,12-5-7-15(28)19(26)17(12)24)13-6-8-16(29)20(27)18(13)25/h3-9,28-29H,2H2,1H3. The van der Waals surface area contributed by atoms with Crippen molar-refractivity contribution in [2.75, 3.05) is 0 Å². The van der Waals surface area contributed by atoms with Crippen molar-refractivity contribution in [1.29, 1.82) is 0 Å². The Hall–Kier alpha value is -3.16. The lowest BCUT2D eigenvalue weighted by atomic mass is 9.67. The Morgan fingerprint density at radius 1 is 0.655 bits per heavy atom. The summed E-state index contributed by atoms with van der Waals surface area (Å²) in [5.41, 5.74) is -3.81. The highest BCUT2D eigenvalue weighted by molar-refractivity contribution is 5.54. The second kappa shape index (κ2) is 7.35. The molecule has 3 aromatic rings. The largest absolute Gasteiger partial charge is 0.505 e. The van der Waals surface area contributed by atoms with Crippen LogP contribution < -0.4 is 0 Å². The zero-order valence-electron chi connectivity index (χ0n) is 14.9. The number of rotatable bonds is 4. The van der Waals surface area contributed by atoms with Crippen LogP contribution in [0.1, 0.15) is 30.0 Å². The van der Waals surface area contributed by atoms with Gasteiger partial charge in [-0.3, -0.25) is 0 Å². The van der Waals surface area contributed by atoms with Crippen LogP contribution in [-0.2, 0) is 5.41 Å². The molecule has 0 aliphatic rings. The molecule has 0 unspecified atom stereocenters. The topological polar surface area (TPSA) is 40.5 Å². The van der Waals surface area contributed by atoms with E-state index in [-0.39, 0.29) is 6.42 Å². The molecule has 0 radical (unpaired) electrons. The fourth-order valence-electron chi connectivity index (χ4n) is 3.58. The molecule has 2 nitrogen and oxygen atoms in total. The molecule has 2 N–H and O–H groups in total. The van der Waals surface area contributed by atoms with Crippen molar-refractivity contribution in [3.63, 3.8) is 0 Å². The van der Waals surface area contributed by atoms with Gasteiger partial charge < -0.3 is 10.2 Å². The van der Waals surface area contributed by atoms with E-state index in [0.717, 1.165) is 36.4 Å². The van der Waals surface area contributed by atoms with Crippen LogP contribution in [0.25, 0.3) is 0 Å². The molecular formula is C21H14F6O2. The molecule has 0 amide bonds. The van der Waals surface area contributed by atoms with Crippen LogP contribution in [-0.4, -0.2) is 10.2 Å². The summed E-state index contributed by atoms with van der Waals surface area (Å²) in [7, 11) is 0. The Kier molecular flexibility index (Phi) is 5.21. The number of phenols is 2. The monoisotopic (exact) mass is 412 g/mol. The van der Waals surface area contributed by atoms with Crippen LogP contribution in [0.4, 0.5) is 26.3 Å². The predicted molar refractivity (Wildman–Crippen MR) is 92.6 cm³/mol. The maximum atomic E-state index is 14.8. The molecule has 0 aromatic heterocycles. The molecule has 0 heterocycles. The van der Waals surface area contributed by atoms with Gasteiger partial charge in [0.1, 0.15) is 11.6 Å². The predicted octanol–water partition coefficient (Wildman–Crippen LogP) is 5.68. The molecule has 0 bridgehead atoms. The fourth-order valence-corrected chi connectivity index (χ4v) is 3.58. The average molecular weight is 412 g/mol. The summed E-state index contributed by atoms with van der Waals surface area (Å²) < 4.78 is 86.1. The smallest absolute Gasteiger partial charge is 0.200 e. The minimum absolute atomic E-state index is 0.308. The first-order valence-electron chi connectivity index (χ1n) is 8.45. The van der Waals surface area contributed by atoms with Crippen molar-refractivity contribution in [3.05, 3.63) is 94.1 Å². The summed E-state index contributed by atoms with van der Waals surface area (Å²) in [5.74, 6) is -10.8. The molecule has 0 fully saturated rings. The third-order valence-corrected chi connectivity index (χ3v) is 4.96. The summed E-state index contributed by atoms with van der Waals surface area (Å²) in [6.45, 7) is 1.39. The Bertz CT molecular complexity index is 1040. The van der Waals surface area contributed by atoms with E-state index in [1.165, 1.54) is 6.92 Å². The molecule has 29 heavy (non-hydrogen) atoms. The zero-order chi connectivity index (χ0) is 21.5. The maximum absolute atomic E-state index is 14.8. The lowest BCUT2D eigenvalue weighted by molar-refractivity contribution is 0.383. The van der Waals surface area contributed by atoms with E-state index in [1.807, 2.05) is 0 Å². The molecule has 3 aromatic carbocycles. The van der Waals surface area contributed by atoms with Gasteiger partial charge in [0, 0.05) is 22.8 Å². The van der Waals surface area contributed by atoms with Gasteiger partial charge in [-0.15, -0.1) is 0 Å². The molecule has 0 saturated carbocycles. The minimum Gasteiger partial charge on any atom is -0.505 e. The van der Waals surface area contributed by atoms with E-state index in [0.29, 0.717) is 6.07 Å². The van der Waals surface area contributed by atoms with Gasteiger partial charge in [0.25, 0.3) is 0 Å². The van der Waals surface area contributed by atoms with Crippen LogP contribution >= 0.6 is 0 Å². The first kappa shape index (κ1) is 20.6. The van der Waals surface area contributed by atoms with E-state index in [9.17, 15) is 36.6 Å². The Morgan fingerprint density at radius 3 is 1.52 bits per heavy atom. The van der Waals surface area contributed by atoms with Crippen LogP contribution in [0.5, 0.6) is 11.5 Å². The van der Waals surface area contributed by atoms with Crippen LogP contribution in [0, 0.1) is 34.9 Å². The lowest BCUT2D eigenvalue weighted by Crippen LogP contribution is -2.33. The van der Waals surface area contributed by atoms with Gasteiger partial charge in [0.15, 0.2) is 23.1 Å². The normalized spacial score (nSPS) is 11.7. The summed E-state index contributed by atoms with van der Waals surface area (Å²) in [4.78, 5) is 0. The van der Waals surface area contributed by atoms with E-state index in [1.54, 1.807) is 0 Å². The third kappa shape index (κ3) is 3.08. The van der Waals surface area contributed by atoms with Crippen molar-refractivity contribution in [2.24, 2.45) is 0 Å². The number of aromatic hydroxyl groups is 2. The van der Waals surface area contributed by atoms with Crippen molar-refractivity contribution in [1.82, 2.24) is 0 Å². The summed E-state index contributed by atoms with van der Waals surface area (Å²) >= 11 is 0. The van der Waals surface area contributed by atoms with Gasteiger partial charge >= 0.3 is 0 Å². The number of hydrogen-bond acceptors (Lipinski definition) is 2. The average Bonchev–Trinajstić information content (AvgIpc) is 2.68. The highest BCUT2D eigenvalue weighted by atomic mass is 19.2. The van der Waals surface area contributed by atoms with Crippen molar-refractivity contribution in [2.45, 2.75) is 18.8 Å². The SMILES string of the molecule is CCC(c1ccc(F)cc1F)(c1ccc(O)c(F)c1F)c1ccc(O)c(F)c1F. The van der Waals surface area contributed by atoms with Crippen LogP contribution in [0.3, 0.4) is 0 Å². The quantitative estimate of drug-likeness (QED) is 0.428. The Morgan fingerprint density at radius 2 is 1.10 bits per heavy atom. The second-order valence-corrected chi connectivity index (χ2v) is 6.40. The third-order valence-electron chi connectivity index (χ3n) is 4.96. The molecule has 0 aliphatic carbocycles. The van der Waals surface area contributed by atoms with E-state index in [2.05, 4.69) is 0 Å². The van der Waals surface area contributed by atoms with Gasteiger partial charge in [-0.2, -0.15) is 8.78 Å². The number of hydrogen-bond donors (Lipinski definition) is 2. The summed E-state index contributed by atoms with van der Waals surface area (Å²) in [6.07, 6.45) is -0.308.